The number of hydrogen-bond acceptors (Lipinski definition) is 10. The summed E-state index contributed by atoms with van der Waals surface area (Å²) in [5.41, 5.74) is 5.03. The van der Waals surface area contributed by atoms with Crippen LogP contribution in [0.3, 0.4) is 0 Å². The van der Waals surface area contributed by atoms with Crippen molar-refractivity contribution in [2.75, 3.05) is 39.4 Å². The van der Waals surface area contributed by atoms with Gasteiger partial charge in [-0.1, -0.05) is 41.9 Å². The second-order valence-electron chi connectivity index (χ2n) is 12.5. The molecule has 14 heteroatoms. The van der Waals surface area contributed by atoms with E-state index in [9.17, 15) is 15.0 Å². The van der Waals surface area contributed by atoms with E-state index in [2.05, 4.69) is 60.4 Å². The Hall–Kier alpha value is -4.45. The number of halogens is 2. The minimum absolute atomic E-state index is 0.0211. The second kappa shape index (κ2) is 19.4. The number of benzene rings is 3. The molecule has 0 aliphatic carbocycles. The fourth-order valence-electron chi connectivity index (χ4n) is 6.11. The van der Waals surface area contributed by atoms with Gasteiger partial charge in [0, 0.05) is 58.1 Å². The van der Waals surface area contributed by atoms with Crippen LogP contribution in [0.5, 0.6) is 11.5 Å². The molecule has 1 aliphatic heterocycles. The molecule has 2 heterocycles. The number of rotatable bonds is 20. The van der Waals surface area contributed by atoms with Crippen LogP contribution in [0.4, 0.5) is 0 Å². The fourth-order valence-corrected chi connectivity index (χ4v) is 6.94. The molecule has 12 nitrogen and oxygen atoms in total. The first-order chi connectivity index (χ1) is 25.3. The minimum atomic E-state index is -1.20. The molecule has 1 aromatic heterocycles. The van der Waals surface area contributed by atoms with Crippen LogP contribution in [-0.2, 0) is 24.5 Å². The van der Waals surface area contributed by atoms with Crippen LogP contribution < -0.4 is 20.1 Å². The number of carboxylic acid groups (broad SMARTS) is 1. The first-order valence-corrected chi connectivity index (χ1v) is 18.4. The average Bonchev–Trinajstić information content (AvgIpc) is 3.82. The number of nitrogens with zero attached hydrogens (tertiary/aromatic N) is 4. The van der Waals surface area contributed by atoms with Crippen molar-refractivity contribution in [1.82, 2.24) is 25.3 Å². The minimum Gasteiger partial charge on any atom is -0.488 e. The molecule has 274 valence electrons. The summed E-state index contributed by atoms with van der Waals surface area (Å²) in [7, 11) is 0. The zero-order valence-corrected chi connectivity index (χ0v) is 31.1. The van der Waals surface area contributed by atoms with E-state index < -0.39 is 18.6 Å². The molecular formula is C38H43BrClN7O5. The number of carboxylic acids is 1. The van der Waals surface area contributed by atoms with Crippen molar-refractivity contribution in [3.8, 4) is 28.7 Å². The summed E-state index contributed by atoms with van der Waals surface area (Å²) < 4.78 is 15.3. The van der Waals surface area contributed by atoms with Crippen molar-refractivity contribution in [2.45, 2.75) is 51.4 Å². The lowest BCUT2D eigenvalue weighted by Gasteiger charge is -2.18. The van der Waals surface area contributed by atoms with Crippen molar-refractivity contribution in [3.63, 3.8) is 0 Å². The molecule has 1 atom stereocenters. The molecule has 52 heavy (non-hydrogen) atoms. The van der Waals surface area contributed by atoms with Gasteiger partial charge in [-0.05, 0) is 84.5 Å². The smallest absolute Gasteiger partial charge is 0.323 e. The highest BCUT2D eigenvalue weighted by atomic mass is 79.9. The van der Waals surface area contributed by atoms with Gasteiger partial charge < -0.3 is 35.3 Å². The number of aliphatic hydroxyl groups is 1. The van der Waals surface area contributed by atoms with Crippen molar-refractivity contribution in [2.24, 2.45) is 0 Å². The van der Waals surface area contributed by atoms with Gasteiger partial charge in [0.05, 0.1) is 29.4 Å². The topological polar surface area (TPSA) is 169 Å². The number of hydrogen-bond donors (Lipinski definition) is 5. The summed E-state index contributed by atoms with van der Waals surface area (Å²) in [6.07, 6.45) is 9.41. The largest absolute Gasteiger partial charge is 0.488 e. The number of likely N-dealkylation sites (tertiary alicyclic amines) is 1. The van der Waals surface area contributed by atoms with E-state index in [-0.39, 0.29) is 31.3 Å². The number of nitrogens with one attached hydrogen (secondary N) is 3. The summed E-state index contributed by atoms with van der Waals surface area (Å²) in [5, 5.41) is 47.1. The van der Waals surface area contributed by atoms with Gasteiger partial charge in [0.1, 0.15) is 37.3 Å². The molecule has 0 saturated carbocycles. The molecule has 5 N–H and O–H groups in total. The van der Waals surface area contributed by atoms with E-state index >= 15 is 0 Å². The third kappa shape index (κ3) is 10.1. The lowest BCUT2D eigenvalue weighted by atomic mass is 10.00. The Bertz CT molecular complexity index is 1920. The highest BCUT2D eigenvalue weighted by Gasteiger charge is 2.19. The lowest BCUT2D eigenvalue weighted by molar-refractivity contribution is -0.140. The summed E-state index contributed by atoms with van der Waals surface area (Å²) in [6, 6.07) is 16.3. The molecule has 3 aromatic carbocycles. The van der Waals surface area contributed by atoms with E-state index in [0.717, 1.165) is 64.2 Å². The van der Waals surface area contributed by atoms with Gasteiger partial charge in [-0.2, -0.15) is 10.4 Å². The second-order valence-corrected chi connectivity index (χ2v) is 13.7. The zero-order chi connectivity index (χ0) is 36.9. The predicted molar refractivity (Wildman–Crippen MR) is 205 cm³/mol. The van der Waals surface area contributed by atoms with Crippen molar-refractivity contribution >= 4 is 50.6 Å². The normalized spacial score (nSPS) is 13.9. The maximum Gasteiger partial charge on any atom is 0.323 e. The van der Waals surface area contributed by atoms with Crippen LogP contribution in [0.2, 0.25) is 5.02 Å². The molecule has 1 aliphatic rings. The number of carbonyl (C=O) groups is 1. The highest BCUT2D eigenvalue weighted by Crippen LogP contribution is 2.38. The Morgan fingerprint density at radius 1 is 1.10 bits per heavy atom. The van der Waals surface area contributed by atoms with Gasteiger partial charge in [-0.15, -0.1) is 0 Å². The van der Waals surface area contributed by atoms with Crippen molar-refractivity contribution in [3.05, 3.63) is 87.1 Å². The summed E-state index contributed by atoms with van der Waals surface area (Å²) in [5.74, 6) is -0.518. The van der Waals surface area contributed by atoms with Crippen LogP contribution in [-0.4, -0.2) is 82.5 Å². The van der Waals surface area contributed by atoms with Gasteiger partial charge >= 0.3 is 5.97 Å². The zero-order valence-electron chi connectivity index (χ0n) is 28.8. The van der Waals surface area contributed by atoms with Gasteiger partial charge in [0.2, 0.25) is 0 Å². The molecular weight excluding hydrogens is 750 g/mol. The maximum absolute atomic E-state index is 11.5. The third-order valence-electron chi connectivity index (χ3n) is 8.92. The number of nitriles is 1. The molecule has 1 fully saturated rings. The molecule has 0 radical (unpaired) electrons. The third-order valence-corrected chi connectivity index (χ3v) is 10.1. The standard InChI is InChI=1S/C38H43BrClN7O5/c39-37-27(7-5-9-30(37)29-8-6-10-34-31(29)22-45-47(34)16-4-3-15-46-13-1-2-14-46)25-52-36-18-35(51-24-26(19-42)20-43-12-11-41)28(17-32(36)40)21-44-33(23-48)38(49)50/h5-10,17-20,22,33,42-44,48H,1-4,12-16,21,23-25H2,(H,49,50)/b26-20+,42-19?. The van der Waals surface area contributed by atoms with Crippen molar-refractivity contribution in [1.29, 1.82) is 10.7 Å². The number of fused-ring (bicyclic) bond motifs is 1. The monoisotopic (exact) mass is 791 g/mol. The Kier molecular flexibility index (Phi) is 14.5. The van der Waals surface area contributed by atoms with Crippen LogP contribution >= 0.6 is 27.5 Å². The van der Waals surface area contributed by atoms with Crippen LogP contribution in [0.1, 0.15) is 36.8 Å². The fraction of sp³-hybridized carbons (Fsp3) is 0.368. The van der Waals surface area contributed by atoms with E-state index in [0.29, 0.717) is 22.6 Å². The first kappa shape index (κ1) is 38.8. The number of aromatic nitrogens is 2. The van der Waals surface area contributed by atoms with E-state index in [1.165, 1.54) is 32.1 Å². The van der Waals surface area contributed by atoms with Crippen LogP contribution in [0.15, 0.2) is 71.0 Å². The quantitative estimate of drug-likeness (QED) is 0.0399. The van der Waals surface area contributed by atoms with Gasteiger partial charge in [0.15, 0.2) is 0 Å². The highest BCUT2D eigenvalue weighted by molar-refractivity contribution is 9.10. The molecule has 4 aromatic rings. The number of unbranched alkanes of at least 4 members (excludes halogenated alkanes) is 1. The van der Waals surface area contributed by atoms with Crippen LogP contribution in [0.25, 0.3) is 22.0 Å². The Labute approximate surface area is 316 Å². The van der Waals surface area contributed by atoms with E-state index in [1.54, 1.807) is 12.1 Å². The Balaban J connectivity index is 1.33. The SMILES string of the molecule is N#CCN/C=C(\C=N)COc1cc(OCc2cccc(-c3cccc4c3cnn4CCCCN3CCCC3)c2Br)c(Cl)cc1CNC(CO)C(=O)O. The molecule has 1 saturated heterocycles. The van der Waals surface area contributed by atoms with Gasteiger partial charge in [-0.25, -0.2) is 0 Å². The van der Waals surface area contributed by atoms with E-state index in [1.807, 2.05) is 24.4 Å². The van der Waals surface area contributed by atoms with Crippen molar-refractivity contribution < 1.29 is 24.5 Å². The molecule has 0 spiro atoms. The molecule has 0 amide bonds. The number of aliphatic carboxylic acids is 1. The first-order valence-electron chi connectivity index (χ1n) is 17.2. The molecule has 1 unspecified atom stereocenters. The Morgan fingerprint density at radius 2 is 1.87 bits per heavy atom. The van der Waals surface area contributed by atoms with Gasteiger partial charge in [-0.3, -0.25) is 14.8 Å². The van der Waals surface area contributed by atoms with E-state index in [4.69, 9.17) is 36.8 Å². The molecule has 0 bridgehead atoms. The lowest BCUT2D eigenvalue weighted by Crippen LogP contribution is -2.39. The maximum atomic E-state index is 11.5. The number of aryl methyl sites for hydroxylation is 1. The number of ether oxygens (including phenoxy) is 2. The van der Waals surface area contributed by atoms with Gasteiger partial charge in [0.25, 0.3) is 0 Å². The molecule has 5 rings (SSSR count). The Morgan fingerprint density at radius 3 is 2.62 bits per heavy atom. The average molecular weight is 793 g/mol. The number of aliphatic hydroxyl groups excluding tert-OH is 1. The summed E-state index contributed by atoms with van der Waals surface area (Å²) in [4.78, 5) is 14.0. The van der Waals surface area contributed by atoms with Crippen LogP contribution in [0, 0.1) is 16.7 Å². The summed E-state index contributed by atoms with van der Waals surface area (Å²) >= 11 is 10.5. The predicted octanol–water partition coefficient (Wildman–Crippen LogP) is 6.13. The summed E-state index contributed by atoms with van der Waals surface area (Å²) in [6.45, 7) is 4.10.